The minimum absolute atomic E-state index is 0.110. The topological polar surface area (TPSA) is 66.8 Å². The molecular weight excluding hydrogens is 254 g/mol. The smallest absolute Gasteiger partial charge is 0.341 e. The van der Waals surface area contributed by atoms with Crippen LogP contribution in [0.1, 0.15) is 28.6 Å². The molecule has 1 atom stereocenters. The Bertz CT molecular complexity index is 482. The van der Waals surface area contributed by atoms with Gasteiger partial charge in [0.15, 0.2) is 0 Å². The third-order valence-corrected chi connectivity index (χ3v) is 3.75. The van der Waals surface area contributed by atoms with E-state index in [1.807, 2.05) is 6.92 Å². The van der Waals surface area contributed by atoms with E-state index in [0.717, 1.165) is 4.88 Å². The number of β-amino-alcohol motifs (C(OH)–C–C–N with tert-alkyl or cyclic N) is 1. The van der Waals surface area contributed by atoms with Crippen LogP contribution in [0.5, 0.6) is 0 Å². The lowest BCUT2D eigenvalue weighted by Crippen LogP contribution is -2.26. The monoisotopic (exact) mass is 269 g/mol. The van der Waals surface area contributed by atoms with E-state index in [1.165, 1.54) is 16.2 Å². The maximum Gasteiger partial charge on any atom is 0.341 e. The van der Waals surface area contributed by atoms with Crippen molar-refractivity contribution in [1.82, 2.24) is 0 Å². The molecule has 98 valence electrons. The summed E-state index contributed by atoms with van der Waals surface area (Å²) < 4.78 is 4.97. The Balaban J connectivity index is 2.33. The Morgan fingerprint density at radius 1 is 1.67 bits per heavy atom. The Kier molecular flexibility index (Phi) is 3.68. The van der Waals surface area contributed by atoms with Crippen LogP contribution in [0.15, 0.2) is 6.07 Å². The first kappa shape index (κ1) is 13.0. The zero-order chi connectivity index (χ0) is 13.3. The number of carbonyl (C=O) groups excluding carboxylic acids is 2. The number of ether oxygens (including phenoxy) is 1. The molecule has 18 heavy (non-hydrogen) atoms. The third-order valence-electron chi connectivity index (χ3n) is 2.68. The molecule has 1 aliphatic heterocycles. The van der Waals surface area contributed by atoms with E-state index >= 15 is 0 Å². The molecule has 2 rings (SSSR count). The number of thiophene rings is 1. The average Bonchev–Trinajstić information content (AvgIpc) is 2.82. The van der Waals surface area contributed by atoms with Crippen LogP contribution in [-0.4, -0.2) is 36.2 Å². The van der Waals surface area contributed by atoms with E-state index in [1.54, 1.807) is 13.0 Å². The number of hydrogen-bond donors (Lipinski definition) is 1. The number of aliphatic hydroxyl groups excluding tert-OH is 1. The number of anilines is 1. The van der Waals surface area contributed by atoms with Crippen molar-refractivity contribution in [1.29, 1.82) is 0 Å². The lowest BCUT2D eigenvalue weighted by molar-refractivity contribution is -0.117. The van der Waals surface area contributed by atoms with Gasteiger partial charge in [-0.25, -0.2) is 4.79 Å². The molecule has 2 heterocycles. The fourth-order valence-corrected chi connectivity index (χ4v) is 2.96. The van der Waals surface area contributed by atoms with Crippen molar-refractivity contribution in [3.05, 3.63) is 16.5 Å². The normalized spacial score (nSPS) is 19.4. The van der Waals surface area contributed by atoms with Gasteiger partial charge >= 0.3 is 5.97 Å². The van der Waals surface area contributed by atoms with Crippen molar-refractivity contribution in [2.24, 2.45) is 0 Å². The maximum atomic E-state index is 11.8. The number of aliphatic hydroxyl groups is 1. The molecule has 0 bridgehead atoms. The molecular formula is C12H15NO4S. The highest BCUT2D eigenvalue weighted by molar-refractivity contribution is 7.16. The van der Waals surface area contributed by atoms with Crippen LogP contribution in [0.4, 0.5) is 5.00 Å². The van der Waals surface area contributed by atoms with Crippen molar-refractivity contribution in [3.8, 4) is 0 Å². The van der Waals surface area contributed by atoms with Crippen molar-refractivity contribution >= 4 is 28.2 Å². The molecule has 1 saturated heterocycles. The highest BCUT2D eigenvalue weighted by Gasteiger charge is 2.33. The van der Waals surface area contributed by atoms with Gasteiger partial charge in [-0.3, -0.25) is 4.79 Å². The second-order valence-electron chi connectivity index (χ2n) is 4.16. The largest absolute Gasteiger partial charge is 0.462 e. The van der Waals surface area contributed by atoms with Crippen LogP contribution >= 0.6 is 11.3 Å². The van der Waals surface area contributed by atoms with Crippen molar-refractivity contribution in [2.45, 2.75) is 26.4 Å². The van der Waals surface area contributed by atoms with E-state index in [4.69, 9.17) is 4.74 Å². The lowest BCUT2D eigenvalue weighted by atomic mass is 10.3. The molecule has 1 unspecified atom stereocenters. The summed E-state index contributed by atoms with van der Waals surface area (Å²) in [5.41, 5.74) is 0.404. The second kappa shape index (κ2) is 5.07. The van der Waals surface area contributed by atoms with E-state index in [9.17, 15) is 14.7 Å². The van der Waals surface area contributed by atoms with Crippen LogP contribution in [0.3, 0.4) is 0 Å². The Morgan fingerprint density at radius 2 is 2.39 bits per heavy atom. The SMILES string of the molecule is CCOC(=O)c1cc(C)sc1N1CC(O)CC1=O. The van der Waals surface area contributed by atoms with Gasteiger partial charge in [0, 0.05) is 4.88 Å². The summed E-state index contributed by atoms with van der Waals surface area (Å²) in [6.07, 6.45) is -0.547. The zero-order valence-electron chi connectivity index (χ0n) is 10.3. The van der Waals surface area contributed by atoms with Gasteiger partial charge in [-0.05, 0) is 19.9 Å². The summed E-state index contributed by atoms with van der Waals surface area (Å²) in [5.74, 6) is -0.582. The first-order valence-corrected chi connectivity index (χ1v) is 6.60. The number of carbonyl (C=O) groups is 2. The predicted octanol–water partition coefficient (Wildman–Crippen LogP) is 1.33. The molecule has 0 radical (unpaired) electrons. The van der Waals surface area contributed by atoms with Gasteiger partial charge in [-0.1, -0.05) is 0 Å². The fraction of sp³-hybridized carbons (Fsp3) is 0.500. The third kappa shape index (κ3) is 2.39. The van der Waals surface area contributed by atoms with Crippen molar-refractivity contribution < 1.29 is 19.4 Å². The van der Waals surface area contributed by atoms with Gasteiger partial charge < -0.3 is 14.7 Å². The number of amides is 1. The van der Waals surface area contributed by atoms with E-state index < -0.39 is 12.1 Å². The highest BCUT2D eigenvalue weighted by Crippen LogP contribution is 2.34. The number of esters is 1. The summed E-state index contributed by atoms with van der Waals surface area (Å²) in [5, 5.41) is 10.1. The first-order chi connectivity index (χ1) is 8.52. The average molecular weight is 269 g/mol. The lowest BCUT2D eigenvalue weighted by Gasteiger charge is -2.15. The second-order valence-corrected chi connectivity index (χ2v) is 5.39. The quantitative estimate of drug-likeness (QED) is 0.841. The molecule has 1 N–H and O–H groups in total. The molecule has 0 aromatic carbocycles. The first-order valence-electron chi connectivity index (χ1n) is 5.79. The van der Waals surface area contributed by atoms with E-state index in [-0.39, 0.29) is 18.9 Å². The molecule has 5 nitrogen and oxygen atoms in total. The summed E-state index contributed by atoms with van der Waals surface area (Å²) in [6, 6.07) is 1.72. The molecule has 1 amide bonds. The fourth-order valence-electron chi connectivity index (χ4n) is 1.94. The van der Waals surface area contributed by atoms with E-state index in [0.29, 0.717) is 17.2 Å². The summed E-state index contributed by atoms with van der Waals surface area (Å²) >= 11 is 1.36. The van der Waals surface area contributed by atoms with Crippen molar-refractivity contribution in [2.75, 3.05) is 18.1 Å². The predicted molar refractivity (Wildman–Crippen MR) is 68.0 cm³/mol. The standard InChI is InChI=1S/C12H15NO4S/c1-3-17-12(16)9-4-7(2)18-11(9)13-6-8(14)5-10(13)15/h4,8,14H,3,5-6H2,1-2H3. The number of rotatable bonds is 3. The molecule has 1 aromatic heterocycles. The Labute approximate surface area is 109 Å². The minimum atomic E-state index is -0.657. The van der Waals surface area contributed by atoms with Gasteiger partial charge in [-0.2, -0.15) is 0 Å². The molecule has 1 aliphatic rings. The Morgan fingerprint density at radius 3 is 2.94 bits per heavy atom. The molecule has 1 fully saturated rings. The van der Waals surface area contributed by atoms with Crippen molar-refractivity contribution in [3.63, 3.8) is 0 Å². The number of nitrogens with zero attached hydrogens (tertiary/aromatic N) is 1. The van der Waals surface area contributed by atoms with Crippen LogP contribution in [0.25, 0.3) is 0 Å². The van der Waals surface area contributed by atoms with Crippen LogP contribution in [0.2, 0.25) is 0 Å². The summed E-state index contributed by atoms with van der Waals surface area (Å²) in [4.78, 5) is 26.0. The zero-order valence-corrected chi connectivity index (χ0v) is 11.1. The number of aryl methyl sites for hydroxylation is 1. The van der Waals surface area contributed by atoms with E-state index in [2.05, 4.69) is 0 Å². The molecule has 0 saturated carbocycles. The van der Waals surface area contributed by atoms with Gasteiger partial charge in [0.1, 0.15) is 5.00 Å². The van der Waals surface area contributed by atoms with Gasteiger partial charge in [0.2, 0.25) is 5.91 Å². The Hall–Kier alpha value is -1.40. The van der Waals surface area contributed by atoms with Crippen LogP contribution in [0, 0.1) is 6.92 Å². The molecule has 0 spiro atoms. The minimum Gasteiger partial charge on any atom is -0.462 e. The molecule has 1 aromatic rings. The summed E-state index contributed by atoms with van der Waals surface area (Å²) in [6.45, 7) is 4.14. The van der Waals surface area contributed by atoms with Crippen LogP contribution in [-0.2, 0) is 9.53 Å². The highest BCUT2D eigenvalue weighted by atomic mass is 32.1. The molecule has 6 heteroatoms. The van der Waals surface area contributed by atoms with Crippen LogP contribution < -0.4 is 4.90 Å². The number of hydrogen-bond acceptors (Lipinski definition) is 5. The summed E-state index contributed by atoms with van der Waals surface area (Å²) in [7, 11) is 0. The maximum absolute atomic E-state index is 11.8. The van der Waals surface area contributed by atoms with Gasteiger partial charge in [0.05, 0.1) is 31.2 Å². The van der Waals surface area contributed by atoms with Gasteiger partial charge in [0.25, 0.3) is 0 Å². The molecule has 0 aliphatic carbocycles. The van der Waals surface area contributed by atoms with Gasteiger partial charge in [-0.15, -0.1) is 11.3 Å².